The molecule has 1 aromatic heterocycles. The van der Waals surface area contributed by atoms with Gasteiger partial charge < -0.3 is 9.63 Å². The van der Waals surface area contributed by atoms with Crippen LogP contribution >= 0.6 is 0 Å². The van der Waals surface area contributed by atoms with Gasteiger partial charge in [0.1, 0.15) is 17.1 Å². The number of aromatic hydroxyl groups is 1. The van der Waals surface area contributed by atoms with Crippen LogP contribution in [0.1, 0.15) is 0 Å². The maximum absolute atomic E-state index is 13.0. The predicted molar refractivity (Wildman–Crippen MR) is 61.1 cm³/mol. The van der Waals surface area contributed by atoms with Crippen LogP contribution < -0.4 is 0 Å². The molecule has 0 aliphatic carbocycles. The van der Waals surface area contributed by atoms with Crippen LogP contribution in [0.5, 0.6) is 5.75 Å². The van der Waals surface area contributed by atoms with E-state index >= 15 is 0 Å². The highest BCUT2D eigenvalue weighted by Crippen LogP contribution is 2.34. The summed E-state index contributed by atoms with van der Waals surface area (Å²) in [5, 5.41) is 14.2. The summed E-state index contributed by atoms with van der Waals surface area (Å²) in [6, 6.07) is 11.0. The maximum atomic E-state index is 13.0. The fourth-order valence-corrected chi connectivity index (χ4v) is 1.78. The molecule has 2 aromatic carbocycles. The number of para-hydroxylation sites is 1. The maximum Gasteiger partial charge on any atom is 0.178 e. The van der Waals surface area contributed by atoms with Crippen molar-refractivity contribution in [1.29, 1.82) is 0 Å². The number of fused-ring (bicyclic) bond motifs is 1. The lowest BCUT2D eigenvalue weighted by molar-refractivity contribution is 0.433. The van der Waals surface area contributed by atoms with Crippen molar-refractivity contribution in [2.24, 2.45) is 0 Å². The third-order valence-corrected chi connectivity index (χ3v) is 2.59. The second kappa shape index (κ2) is 3.59. The highest BCUT2D eigenvalue weighted by atomic mass is 19.1. The number of benzene rings is 2. The minimum atomic E-state index is -0.366. The summed E-state index contributed by atoms with van der Waals surface area (Å²) in [6.07, 6.45) is 0. The zero-order chi connectivity index (χ0) is 11.8. The van der Waals surface area contributed by atoms with Crippen molar-refractivity contribution in [1.82, 2.24) is 5.16 Å². The molecule has 0 fully saturated rings. The van der Waals surface area contributed by atoms with Crippen molar-refractivity contribution in [2.75, 3.05) is 0 Å². The SMILES string of the molecule is Oc1ccccc1-c1onc2cc(F)ccc12. The summed E-state index contributed by atoms with van der Waals surface area (Å²) in [7, 11) is 0. The van der Waals surface area contributed by atoms with E-state index in [0.29, 0.717) is 22.2 Å². The van der Waals surface area contributed by atoms with Crippen LogP contribution in [0.15, 0.2) is 47.0 Å². The lowest BCUT2D eigenvalue weighted by Gasteiger charge is -1.99. The second-order valence-corrected chi connectivity index (χ2v) is 3.69. The van der Waals surface area contributed by atoms with Crippen LogP contribution in [-0.4, -0.2) is 10.3 Å². The molecule has 1 N–H and O–H groups in total. The van der Waals surface area contributed by atoms with Gasteiger partial charge in [0.2, 0.25) is 0 Å². The molecule has 3 rings (SSSR count). The number of nitrogens with zero attached hydrogens (tertiary/aromatic N) is 1. The van der Waals surface area contributed by atoms with Crippen LogP contribution in [0.3, 0.4) is 0 Å². The van der Waals surface area contributed by atoms with Gasteiger partial charge in [0.15, 0.2) is 5.76 Å². The van der Waals surface area contributed by atoms with Crippen LogP contribution in [0.25, 0.3) is 22.2 Å². The van der Waals surface area contributed by atoms with E-state index < -0.39 is 0 Å². The molecule has 3 nitrogen and oxygen atoms in total. The van der Waals surface area contributed by atoms with Gasteiger partial charge in [-0.15, -0.1) is 0 Å². The van der Waals surface area contributed by atoms with Crippen LogP contribution in [0.4, 0.5) is 4.39 Å². The van der Waals surface area contributed by atoms with E-state index in [4.69, 9.17) is 4.52 Å². The first-order valence-corrected chi connectivity index (χ1v) is 5.09. The summed E-state index contributed by atoms with van der Waals surface area (Å²) < 4.78 is 18.2. The van der Waals surface area contributed by atoms with Crippen LogP contribution in [0.2, 0.25) is 0 Å². The van der Waals surface area contributed by atoms with Gasteiger partial charge >= 0.3 is 0 Å². The Bertz CT molecular complexity index is 691. The molecular weight excluding hydrogens is 221 g/mol. The molecule has 1 heterocycles. The molecule has 84 valence electrons. The molecule has 17 heavy (non-hydrogen) atoms. The number of aromatic nitrogens is 1. The number of rotatable bonds is 1. The van der Waals surface area contributed by atoms with E-state index in [1.165, 1.54) is 12.1 Å². The van der Waals surface area contributed by atoms with E-state index in [9.17, 15) is 9.50 Å². The fraction of sp³-hybridized carbons (Fsp3) is 0. The Morgan fingerprint density at radius 2 is 1.94 bits per heavy atom. The molecule has 0 radical (unpaired) electrons. The minimum absolute atomic E-state index is 0.106. The Hall–Kier alpha value is -2.36. The Morgan fingerprint density at radius 3 is 2.76 bits per heavy atom. The largest absolute Gasteiger partial charge is 0.507 e. The van der Waals surface area contributed by atoms with Gasteiger partial charge in [0, 0.05) is 6.07 Å². The first-order chi connectivity index (χ1) is 8.25. The second-order valence-electron chi connectivity index (χ2n) is 3.69. The van der Waals surface area contributed by atoms with Gasteiger partial charge in [-0.05, 0) is 24.3 Å². The average molecular weight is 229 g/mol. The average Bonchev–Trinajstić information content (AvgIpc) is 2.72. The highest BCUT2D eigenvalue weighted by molar-refractivity contribution is 5.92. The Morgan fingerprint density at radius 1 is 1.12 bits per heavy atom. The van der Waals surface area contributed by atoms with E-state index in [-0.39, 0.29) is 11.6 Å². The van der Waals surface area contributed by atoms with Crippen molar-refractivity contribution < 1.29 is 14.0 Å². The normalized spacial score (nSPS) is 10.9. The van der Waals surface area contributed by atoms with E-state index in [1.807, 2.05) is 0 Å². The molecular formula is C13H8FNO2. The summed E-state index contributed by atoms with van der Waals surface area (Å²) in [6.45, 7) is 0. The third kappa shape index (κ3) is 1.54. The molecule has 0 aliphatic rings. The smallest absolute Gasteiger partial charge is 0.178 e. The Kier molecular flexibility index (Phi) is 2.08. The van der Waals surface area contributed by atoms with Crippen molar-refractivity contribution in [3.63, 3.8) is 0 Å². The number of phenolic OH excluding ortho intramolecular Hbond substituents is 1. The van der Waals surface area contributed by atoms with Gasteiger partial charge in [-0.25, -0.2) is 4.39 Å². The van der Waals surface area contributed by atoms with Crippen molar-refractivity contribution in [3.8, 4) is 17.1 Å². The fourth-order valence-electron chi connectivity index (χ4n) is 1.78. The lowest BCUT2D eigenvalue weighted by atomic mass is 10.1. The molecule has 0 aliphatic heterocycles. The standard InChI is InChI=1S/C13H8FNO2/c14-8-5-6-9-11(7-8)15-17-13(9)10-3-1-2-4-12(10)16/h1-7,16H. The number of hydrogen-bond donors (Lipinski definition) is 1. The summed E-state index contributed by atoms with van der Waals surface area (Å²) in [5.41, 5.74) is 0.977. The summed E-state index contributed by atoms with van der Waals surface area (Å²) in [5.74, 6) is 0.183. The van der Waals surface area contributed by atoms with E-state index in [2.05, 4.69) is 5.16 Å². The van der Waals surface area contributed by atoms with Crippen LogP contribution in [0, 0.1) is 5.82 Å². The molecule has 0 saturated heterocycles. The molecule has 4 heteroatoms. The zero-order valence-corrected chi connectivity index (χ0v) is 8.72. The lowest BCUT2D eigenvalue weighted by Crippen LogP contribution is -1.77. The molecule has 0 bridgehead atoms. The number of hydrogen-bond acceptors (Lipinski definition) is 3. The molecule has 0 atom stereocenters. The molecule has 0 amide bonds. The molecule has 3 aromatic rings. The van der Waals surface area contributed by atoms with Gasteiger partial charge in [-0.3, -0.25) is 0 Å². The van der Waals surface area contributed by atoms with E-state index in [0.717, 1.165) is 0 Å². The molecule has 0 saturated carbocycles. The Labute approximate surface area is 96.1 Å². The quantitative estimate of drug-likeness (QED) is 0.696. The third-order valence-electron chi connectivity index (χ3n) is 2.59. The monoisotopic (exact) mass is 229 g/mol. The van der Waals surface area contributed by atoms with Gasteiger partial charge in [-0.1, -0.05) is 17.3 Å². The summed E-state index contributed by atoms with van der Waals surface area (Å²) >= 11 is 0. The van der Waals surface area contributed by atoms with Gasteiger partial charge in [0.25, 0.3) is 0 Å². The van der Waals surface area contributed by atoms with Crippen LogP contribution in [-0.2, 0) is 0 Å². The number of phenols is 1. The summed E-state index contributed by atoms with van der Waals surface area (Å²) in [4.78, 5) is 0. The minimum Gasteiger partial charge on any atom is -0.507 e. The zero-order valence-electron chi connectivity index (χ0n) is 8.72. The van der Waals surface area contributed by atoms with Crippen molar-refractivity contribution in [3.05, 3.63) is 48.3 Å². The van der Waals surface area contributed by atoms with E-state index in [1.54, 1.807) is 30.3 Å². The van der Waals surface area contributed by atoms with Crippen molar-refractivity contribution >= 4 is 10.9 Å². The molecule has 0 unspecified atom stereocenters. The Balaban J connectivity index is 2.29. The van der Waals surface area contributed by atoms with Crippen molar-refractivity contribution in [2.45, 2.75) is 0 Å². The molecule has 0 spiro atoms. The first-order valence-electron chi connectivity index (χ1n) is 5.09. The van der Waals surface area contributed by atoms with Gasteiger partial charge in [-0.2, -0.15) is 0 Å². The number of halogens is 1. The van der Waals surface area contributed by atoms with Gasteiger partial charge in [0.05, 0.1) is 10.9 Å². The topological polar surface area (TPSA) is 46.3 Å². The predicted octanol–water partition coefficient (Wildman–Crippen LogP) is 3.34. The first kappa shape index (κ1) is 9.84. The highest BCUT2D eigenvalue weighted by Gasteiger charge is 2.13.